The second-order valence-corrected chi connectivity index (χ2v) is 5.37. The van der Waals surface area contributed by atoms with Crippen LogP contribution in [0.4, 0.5) is 0 Å². The maximum Gasteiger partial charge on any atom is 0.132 e. The van der Waals surface area contributed by atoms with E-state index < -0.39 is 0 Å². The Balaban J connectivity index is 2.72. The van der Waals surface area contributed by atoms with E-state index in [4.69, 9.17) is 17.3 Å². The molecule has 0 bridgehead atoms. The van der Waals surface area contributed by atoms with Gasteiger partial charge in [-0.25, -0.2) is 4.98 Å². The molecule has 2 N–H and O–H groups in total. The van der Waals surface area contributed by atoms with E-state index >= 15 is 0 Å². The predicted molar refractivity (Wildman–Crippen MR) is 63.5 cm³/mol. The van der Waals surface area contributed by atoms with Crippen LogP contribution in [0.3, 0.4) is 0 Å². The summed E-state index contributed by atoms with van der Waals surface area (Å²) in [6, 6.07) is 1.99. The normalized spacial score (nSPS) is 11.8. The molecule has 78 valence electrons. The first kappa shape index (κ1) is 12.0. The number of nitrogens with zero attached hydrogens (tertiary/aromatic N) is 1. The molecule has 1 heterocycles. The molecule has 0 atom stereocenters. The van der Waals surface area contributed by atoms with Gasteiger partial charge in [-0.3, -0.25) is 0 Å². The van der Waals surface area contributed by atoms with Gasteiger partial charge in [0.2, 0.25) is 0 Å². The molecule has 0 amide bonds. The van der Waals surface area contributed by atoms with Crippen LogP contribution in [-0.4, -0.2) is 10.5 Å². The molecule has 0 saturated heterocycles. The highest BCUT2D eigenvalue weighted by atomic mass is 79.9. The van der Waals surface area contributed by atoms with Crippen molar-refractivity contribution in [1.82, 2.24) is 4.98 Å². The minimum absolute atomic E-state index is 0.161. The molecule has 0 saturated carbocycles. The van der Waals surface area contributed by atoms with Gasteiger partial charge in [-0.15, -0.1) is 0 Å². The Labute approximate surface area is 98.0 Å². The van der Waals surface area contributed by atoms with Gasteiger partial charge in [0.15, 0.2) is 0 Å². The van der Waals surface area contributed by atoms with E-state index in [1.165, 1.54) is 0 Å². The standard InChI is InChI=1S/C10H14BrClN2/c1-10(2,13)4-3-7-5-8(11)6-14-9(7)12/h5-6H,3-4,13H2,1-2H3. The lowest BCUT2D eigenvalue weighted by atomic mass is 9.97. The van der Waals surface area contributed by atoms with Crippen molar-refractivity contribution in [3.8, 4) is 0 Å². The van der Waals surface area contributed by atoms with Crippen LogP contribution in [0.1, 0.15) is 25.8 Å². The highest BCUT2D eigenvalue weighted by Crippen LogP contribution is 2.21. The summed E-state index contributed by atoms with van der Waals surface area (Å²) in [5.74, 6) is 0. The van der Waals surface area contributed by atoms with Crippen molar-refractivity contribution < 1.29 is 0 Å². The van der Waals surface area contributed by atoms with Gasteiger partial charge in [0.1, 0.15) is 5.15 Å². The van der Waals surface area contributed by atoms with Gasteiger partial charge in [-0.2, -0.15) is 0 Å². The smallest absolute Gasteiger partial charge is 0.132 e. The van der Waals surface area contributed by atoms with E-state index in [2.05, 4.69) is 20.9 Å². The van der Waals surface area contributed by atoms with Crippen LogP contribution < -0.4 is 5.73 Å². The Kier molecular flexibility index (Phi) is 3.93. The molecule has 1 aromatic rings. The Hall–Kier alpha value is -0.120. The molecule has 0 aliphatic heterocycles. The largest absolute Gasteiger partial charge is 0.326 e. The topological polar surface area (TPSA) is 38.9 Å². The van der Waals surface area contributed by atoms with Crippen LogP contribution in [0.25, 0.3) is 0 Å². The average molecular weight is 278 g/mol. The molecule has 0 aliphatic carbocycles. The molecule has 0 aromatic carbocycles. The Morgan fingerprint density at radius 2 is 2.21 bits per heavy atom. The number of hydrogen-bond donors (Lipinski definition) is 1. The fourth-order valence-electron chi connectivity index (χ4n) is 1.10. The third-order valence-electron chi connectivity index (χ3n) is 1.92. The number of halogens is 2. The molecule has 0 radical (unpaired) electrons. The second-order valence-electron chi connectivity index (χ2n) is 4.09. The Bertz CT molecular complexity index is 320. The van der Waals surface area contributed by atoms with Gasteiger partial charge in [-0.1, -0.05) is 11.6 Å². The van der Waals surface area contributed by atoms with Crippen molar-refractivity contribution in [3.63, 3.8) is 0 Å². The van der Waals surface area contributed by atoms with Gasteiger partial charge in [0.25, 0.3) is 0 Å². The van der Waals surface area contributed by atoms with Crippen molar-refractivity contribution in [2.45, 2.75) is 32.2 Å². The SMILES string of the molecule is CC(C)(N)CCc1cc(Br)cnc1Cl. The Morgan fingerprint density at radius 1 is 1.57 bits per heavy atom. The van der Waals surface area contributed by atoms with Crippen LogP contribution in [0, 0.1) is 0 Å². The zero-order valence-corrected chi connectivity index (χ0v) is 10.7. The van der Waals surface area contributed by atoms with Crippen LogP contribution in [0.15, 0.2) is 16.7 Å². The highest BCUT2D eigenvalue weighted by Gasteiger charge is 2.12. The first-order valence-corrected chi connectivity index (χ1v) is 5.64. The lowest BCUT2D eigenvalue weighted by Gasteiger charge is -2.18. The van der Waals surface area contributed by atoms with E-state index in [1.54, 1.807) is 6.20 Å². The molecule has 0 aliphatic rings. The lowest BCUT2D eigenvalue weighted by molar-refractivity contribution is 0.476. The summed E-state index contributed by atoms with van der Waals surface area (Å²) < 4.78 is 0.951. The molecule has 0 spiro atoms. The van der Waals surface area contributed by atoms with E-state index in [1.807, 2.05) is 19.9 Å². The summed E-state index contributed by atoms with van der Waals surface area (Å²) >= 11 is 9.32. The van der Waals surface area contributed by atoms with Crippen LogP contribution in [0.2, 0.25) is 5.15 Å². The third kappa shape index (κ3) is 3.95. The second kappa shape index (κ2) is 4.60. The minimum Gasteiger partial charge on any atom is -0.326 e. The quantitative estimate of drug-likeness (QED) is 0.862. The van der Waals surface area contributed by atoms with Crippen LogP contribution in [-0.2, 0) is 6.42 Å². The zero-order valence-electron chi connectivity index (χ0n) is 8.35. The van der Waals surface area contributed by atoms with Crippen molar-refractivity contribution in [2.75, 3.05) is 0 Å². The van der Waals surface area contributed by atoms with Crippen molar-refractivity contribution in [2.24, 2.45) is 5.73 Å². The molecular weight excluding hydrogens is 263 g/mol. The fraction of sp³-hybridized carbons (Fsp3) is 0.500. The van der Waals surface area contributed by atoms with Gasteiger partial charge in [0, 0.05) is 16.2 Å². The summed E-state index contributed by atoms with van der Waals surface area (Å²) in [4.78, 5) is 4.06. The van der Waals surface area contributed by atoms with Crippen molar-refractivity contribution >= 4 is 27.5 Å². The monoisotopic (exact) mass is 276 g/mol. The first-order valence-electron chi connectivity index (χ1n) is 4.47. The van der Waals surface area contributed by atoms with Crippen molar-refractivity contribution in [3.05, 3.63) is 27.5 Å². The number of rotatable bonds is 3. The van der Waals surface area contributed by atoms with E-state index in [0.717, 1.165) is 22.9 Å². The molecule has 1 rings (SSSR count). The predicted octanol–water partition coefficient (Wildman–Crippen LogP) is 3.17. The first-order chi connectivity index (χ1) is 6.38. The Morgan fingerprint density at radius 3 is 2.79 bits per heavy atom. The summed E-state index contributed by atoms with van der Waals surface area (Å²) in [5.41, 5.74) is 6.78. The molecule has 0 fully saturated rings. The highest BCUT2D eigenvalue weighted by molar-refractivity contribution is 9.10. The van der Waals surface area contributed by atoms with Crippen molar-refractivity contribution in [1.29, 1.82) is 0 Å². The summed E-state index contributed by atoms with van der Waals surface area (Å²) in [5, 5.41) is 0.567. The number of pyridine rings is 1. The van der Waals surface area contributed by atoms with Gasteiger partial charge < -0.3 is 5.73 Å². The number of aryl methyl sites for hydroxylation is 1. The summed E-state index contributed by atoms with van der Waals surface area (Å²) in [6.45, 7) is 4.01. The van der Waals surface area contributed by atoms with Gasteiger partial charge >= 0.3 is 0 Å². The average Bonchev–Trinajstić information content (AvgIpc) is 2.05. The number of nitrogens with two attached hydrogens (primary N) is 1. The summed E-state index contributed by atoms with van der Waals surface area (Å²) in [7, 11) is 0. The molecule has 0 unspecified atom stereocenters. The number of aromatic nitrogens is 1. The van der Waals surface area contributed by atoms with E-state index in [-0.39, 0.29) is 5.54 Å². The molecule has 4 heteroatoms. The van der Waals surface area contributed by atoms with Crippen LogP contribution in [0.5, 0.6) is 0 Å². The zero-order chi connectivity index (χ0) is 10.8. The molecular formula is C10H14BrClN2. The van der Waals surface area contributed by atoms with E-state index in [9.17, 15) is 0 Å². The molecule has 14 heavy (non-hydrogen) atoms. The minimum atomic E-state index is -0.161. The van der Waals surface area contributed by atoms with Crippen LogP contribution >= 0.6 is 27.5 Å². The lowest BCUT2D eigenvalue weighted by Crippen LogP contribution is -2.32. The fourth-order valence-corrected chi connectivity index (χ4v) is 1.67. The maximum atomic E-state index is 5.95. The molecule has 1 aromatic heterocycles. The van der Waals surface area contributed by atoms with Gasteiger partial charge in [-0.05, 0) is 54.2 Å². The molecule has 2 nitrogen and oxygen atoms in total. The summed E-state index contributed by atoms with van der Waals surface area (Å²) in [6.07, 6.45) is 3.44. The third-order valence-corrected chi connectivity index (χ3v) is 2.69. The van der Waals surface area contributed by atoms with Gasteiger partial charge in [0.05, 0.1) is 0 Å². The van der Waals surface area contributed by atoms with E-state index in [0.29, 0.717) is 5.15 Å². The maximum absolute atomic E-state index is 5.95. The number of hydrogen-bond acceptors (Lipinski definition) is 2.